The minimum Gasteiger partial charge on any atom is -0.598 e. The Morgan fingerprint density at radius 2 is 2.12 bits per heavy atom. The van der Waals surface area contributed by atoms with Crippen LogP contribution in [0.2, 0.25) is 0 Å². The summed E-state index contributed by atoms with van der Waals surface area (Å²) in [7, 11) is 0. The highest BCUT2D eigenvalue weighted by Gasteiger charge is 2.48. The highest BCUT2D eigenvalue weighted by Crippen LogP contribution is 2.34. The molecule has 0 aromatic heterocycles. The first-order valence-electron chi connectivity index (χ1n) is 8.04. The maximum Gasteiger partial charge on any atom is 0.158 e. The van der Waals surface area contributed by atoms with Crippen LogP contribution >= 0.6 is 0 Å². The van der Waals surface area contributed by atoms with Gasteiger partial charge in [-0.3, -0.25) is 0 Å². The Labute approximate surface area is 145 Å². The van der Waals surface area contributed by atoms with Gasteiger partial charge in [0, 0.05) is 30.0 Å². The Kier molecular flexibility index (Phi) is 6.28. The Bertz CT molecular complexity index is 560. The summed E-state index contributed by atoms with van der Waals surface area (Å²) < 4.78 is 40.0. The lowest BCUT2D eigenvalue weighted by molar-refractivity contribution is -0.0928. The fraction of sp³-hybridized carbons (Fsp3) is 0.647. The van der Waals surface area contributed by atoms with Gasteiger partial charge in [-0.25, -0.2) is 4.39 Å². The Morgan fingerprint density at radius 1 is 1.46 bits per heavy atom. The van der Waals surface area contributed by atoms with Gasteiger partial charge in [-0.05, 0) is 39.3 Å². The standard InChI is InChI=1S/C17H26FNO4S/c1-5-23-15(20)9-12-6-7-13(14(18)8-12)17(10-22-11-17)19-24(21)16(2,3)4/h6-8,15,19-20H,5,9-11H2,1-4H3. The number of rotatable bonds is 7. The molecule has 1 aliphatic rings. The van der Waals surface area contributed by atoms with Crippen molar-refractivity contribution in [2.75, 3.05) is 19.8 Å². The predicted molar refractivity (Wildman–Crippen MR) is 91.3 cm³/mol. The minimum absolute atomic E-state index is 0.218. The summed E-state index contributed by atoms with van der Waals surface area (Å²) in [6, 6.07) is 4.81. The molecule has 0 spiro atoms. The third kappa shape index (κ3) is 4.47. The Balaban J connectivity index is 2.17. The Morgan fingerprint density at radius 3 is 2.58 bits per heavy atom. The van der Waals surface area contributed by atoms with E-state index in [9.17, 15) is 14.0 Å². The van der Waals surface area contributed by atoms with Crippen LogP contribution in [-0.2, 0) is 32.8 Å². The van der Waals surface area contributed by atoms with E-state index in [0.29, 0.717) is 17.7 Å². The molecule has 1 aromatic rings. The summed E-state index contributed by atoms with van der Waals surface area (Å²) in [6.07, 6.45) is -0.733. The first kappa shape index (κ1) is 19.6. The van der Waals surface area contributed by atoms with E-state index in [4.69, 9.17) is 9.47 Å². The molecule has 0 aliphatic carbocycles. The molecule has 24 heavy (non-hydrogen) atoms. The second-order valence-electron chi connectivity index (χ2n) is 6.99. The van der Waals surface area contributed by atoms with Gasteiger partial charge in [-0.15, -0.1) is 4.72 Å². The number of aliphatic hydroxyl groups is 1. The maximum absolute atomic E-state index is 14.6. The number of ether oxygens (including phenoxy) is 2. The van der Waals surface area contributed by atoms with Gasteiger partial charge in [-0.2, -0.15) is 0 Å². The molecule has 7 heteroatoms. The van der Waals surface area contributed by atoms with Crippen molar-refractivity contribution in [2.45, 2.75) is 50.7 Å². The normalized spacial score (nSPS) is 19.6. The quantitative estimate of drug-likeness (QED) is 0.575. The van der Waals surface area contributed by atoms with E-state index in [2.05, 4.69) is 4.72 Å². The molecule has 0 bridgehead atoms. The number of hydrogen-bond donors (Lipinski definition) is 2. The molecular weight excluding hydrogens is 333 g/mol. The van der Waals surface area contributed by atoms with Crippen LogP contribution in [0.25, 0.3) is 0 Å². The van der Waals surface area contributed by atoms with Crippen LogP contribution in [0.15, 0.2) is 18.2 Å². The summed E-state index contributed by atoms with van der Waals surface area (Å²) in [5.41, 5.74) is 0.296. The third-order valence-corrected chi connectivity index (χ3v) is 5.55. The third-order valence-electron chi connectivity index (χ3n) is 3.86. The van der Waals surface area contributed by atoms with Crippen LogP contribution in [0.4, 0.5) is 4.39 Å². The average Bonchev–Trinajstić information content (AvgIpc) is 2.42. The molecule has 0 saturated carbocycles. The first-order chi connectivity index (χ1) is 11.2. The highest BCUT2D eigenvalue weighted by atomic mass is 32.2. The van der Waals surface area contributed by atoms with Gasteiger partial charge >= 0.3 is 0 Å². The van der Waals surface area contributed by atoms with E-state index < -0.39 is 33.8 Å². The van der Waals surface area contributed by atoms with Crippen LogP contribution in [0.1, 0.15) is 38.8 Å². The summed E-state index contributed by atoms with van der Waals surface area (Å²) >= 11 is -1.34. The van der Waals surface area contributed by atoms with E-state index in [1.54, 1.807) is 19.1 Å². The molecule has 1 fully saturated rings. The summed E-state index contributed by atoms with van der Waals surface area (Å²) in [5, 5.41) is 9.67. The van der Waals surface area contributed by atoms with Crippen molar-refractivity contribution in [1.82, 2.24) is 4.72 Å². The van der Waals surface area contributed by atoms with Crippen molar-refractivity contribution < 1.29 is 23.5 Å². The van der Waals surface area contributed by atoms with E-state index in [1.165, 1.54) is 6.07 Å². The van der Waals surface area contributed by atoms with Crippen molar-refractivity contribution in [3.63, 3.8) is 0 Å². The molecule has 0 amide bonds. The van der Waals surface area contributed by atoms with Gasteiger partial charge < -0.3 is 19.1 Å². The monoisotopic (exact) mass is 359 g/mol. The zero-order valence-electron chi connectivity index (χ0n) is 14.6. The van der Waals surface area contributed by atoms with Gasteiger partial charge in [0.05, 0.1) is 13.2 Å². The van der Waals surface area contributed by atoms with Crippen molar-refractivity contribution in [2.24, 2.45) is 0 Å². The van der Waals surface area contributed by atoms with Gasteiger partial charge in [0.25, 0.3) is 0 Å². The summed E-state index contributed by atoms with van der Waals surface area (Å²) in [5.74, 6) is -0.405. The molecule has 2 rings (SSSR count). The van der Waals surface area contributed by atoms with Crippen molar-refractivity contribution in [1.29, 1.82) is 0 Å². The van der Waals surface area contributed by atoms with E-state index in [-0.39, 0.29) is 19.6 Å². The smallest absolute Gasteiger partial charge is 0.158 e. The molecule has 2 atom stereocenters. The molecule has 2 unspecified atom stereocenters. The number of hydrogen-bond acceptors (Lipinski definition) is 5. The van der Waals surface area contributed by atoms with Crippen LogP contribution < -0.4 is 4.72 Å². The van der Waals surface area contributed by atoms with Crippen molar-refractivity contribution in [3.05, 3.63) is 35.1 Å². The maximum atomic E-state index is 14.6. The number of benzene rings is 1. The van der Waals surface area contributed by atoms with E-state index >= 15 is 0 Å². The summed E-state index contributed by atoms with van der Waals surface area (Å²) in [4.78, 5) is 0. The summed E-state index contributed by atoms with van der Waals surface area (Å²) in [6.45, 7) is 8.30. The lowest BCUT2D eigenvalue weighted by Crippen LogP contribution is -2.62. The van der Waals surface area contributed by atoms with Crippen molar-refractivity contribution in [3.8, 4) is 0 Å². The van der Waals surface area contributed by atoms with Crippen LogP contribution in [0, 0.1) is 5.82 Å². The molecule has 1 aromatic carbocycles. The van der Waals surface area contributed by atoms with E-state index in [1.807, 2.05) is 20.8 Å². The lowest BCUT2D eigenvalue weighted by Gasteiger charge is -2.43. The lowest BCUT2D eigenvalue weighted by atomic mass is 9.88. The highest BCUT2D eigenvalue weighted by molar-refractivity contribution is 7.90. The van der Waals surface area contributed by atoms with Crippen LogP contribution in [0.3, 0.4) is 0 Å². The number of halogens is 1. The molecule has 5 nitrogen and oxygen atoms in total. The topological polar surface area (TPSA) is 73.8 Å². The molecule has 1 heterocycles. The predicted octanol–water partition coefficient (Wildman–Crippen LogP) is 2.00. The SMILES string of the molecule is CCOC(O)Cc1ccc(C2(N[S+]([O-])C(C)(C)C)COC2)c(F)c1. The Hall–Kier alpha value is -0.700. The van der Waals surface area contributed by atoms with Gasteiger partial charge in [0.1, 0.15) is 16.1 Å². The van der Waals surface area contributed by atoms with Crippen molar-refractivity contribution >= 4 is 11.4 Å². The molecule has 2 N–H and O–H groups in total. The van der Waals surface area contributed by atoms with E-state index in [0.717, 1.165) is 0 Å². The first-order valence-corrected chi connectivity index (χ1v) is 9.19. The minimum atomic E-state index is -1.34. The second-order valence-corrected chi connectivity index (χ2v) is 8.95. The van der Waals surface area contributed by atoms with Gasteiger partial charge in [-0.1, -0.05) is 12.1 Å². The average molecular weight is 359 g/mol. The fourth-order valence-corrected chi connectivity index (χ4v) is 3.32. The van der Waals surface area contributed by atoms with Gasteiger partial charge in [0.15, 0.2) is 6.29 Å². The zero-order valence-corrected chi connectivity index (χ0v) is 15.4. The zero-order chi connectivity index (χ0) is 18.0. The van der Waals surface area contributed by atoms with Crippen LogP contribution in [0.5, 0.6) is 0 Å². The fourth-order valence-electron chi connectivity index (χ4n) is 2.43. The number of nitrogens with one attached hydrogen (secondary N) is 1. The molecule has 0 radical (unpaired) electrons. The molecule has 1 saturated heterocycles. The molecular formula is C17H26FNO4S. The largest absolute Gasteiger partial charge is 0.598 e. The molecule has 1 aliphatic heterocycles. The second kappa shape index (κ2) is 7.68. The van der Waals surface area contributed by atoms with Gasteiger partial charge in [0.2, 0.25) is 0 Å². The molecule has 136 valence electrons. The van der Waals surface area contributed by atoms with Crippen LogP contribution in [-0.4, -0.2) is 40.5 Å². The number of aliphatic hydroxyl groups excluding tert-OH is 1.